The van der Waals surface area contributed by atoms with Crippen LogP contribution in [0.3, 0.4) is 0 Å². The molecule has 138 valence electrons. The predicted octanol–water partition coefficient (Wildman–Crippen LogP) is 3.57. The summed E-state index contributed by atoms with van der Waals surface area (Å²) in [6, 6.07) is 14.2. The van der Waals surface area contributed by atoms with Crippen LogP contribution in [0.25, 0.3) is 0 Å². The average Bonchev–Trinajstić information content (AvgIpc) is 2.63. The Morgan fingerprint density at radius 1 is 1.04 bits per heavy atom. The summed E-state index contributed by atoms with van der Waals surface area (Å²) in [5, 5.41) is 0. The number of nitrogens with zero attached hydrogens (tertiary/aromatic N) is 2. The van der Waals surface area contributed by atoms with E-state index in [-0.39, 0.29) is 17.6 Å². The lowest BCUT2D eigenvalue weighted by molar-refractivity contribution is 0.0622. The van der Waals surface area contributed by atoms with E-state index in [9.17, 15) is 9.18 Å². The zero-order valence-electron chi connectivity index (χ0n) is 15.3. The molecule has 0 aliphatic carbocycles. The van der Waals surface area contributed by atoms with Crippen LogP contribution < -0.4 is 4.74 Å². The number of rotatable bonds is 5. The van der Waals surface area contributed by atoms with Gasteiger partial charge in [0.2, 0.25) is 0 Å². The number of carbonyl (C=O) groups excluding carboxylic acids is 1. The Morgan fingerprint density at radius 2 is 1.69 bits per heavy atom. The fraction of sp³-hybridized carbons (Fsp3) is 0.381. The van der Waals surface area contributed by atoms with Gasteiger partial charge in [-0.3, -0.25) is 9.69 Å². The van der Waals surface area contributed by atoms with Crippen molar-refractivity contribution in [2.24, 2.45) is 0 Å². The third kappa shape index (κ3) is 4.41. The molecule has 0 unspecified atom stereocenters. The standard InChI is InChI=1S/C21H25FN2O2/c1-16(2)26-20-10-6-3-7-17(20)15-23-11-13-24(14-12-23)21(25)18-8-4-5-9-19(18)22/h3-10,16H,11-15H2,1-2H3. The second-order valence-corrected chi connectivity index (χ2v) is 6.82. The first kappa shape index (κ1) is 18.4. The second kappa shape index (κ2) is 8.32. The summed E-state index contributed by atoms with van der Waals surface area (Å²) < 4.78 is 19.7. The molecule has 0 saturated carbocycles. The molecule has 0 aromatic heterocycles. The maximum atomic E-state index is 13.8. The van der Waals surface area contributed by atoms with Gasteiger partial charge in [-0.25, -0.2) is 4.39 Å². The first-order valence-electron chi connectivity index (χ1n) is 9.05. The highest BCUT2D eigenvalue weighted by atomic mass is 19.1. The summed E-state index contributed by atoms with van der Waals surface area (Å²) in [5.41, 5.74) is 1.30. The van der Waals surface area contributed by atoms with Gasteiger partial charge in [0.15, 0.2) is 0 Å². The van der Waals surface area contributed by atoms with E-state index in [1.807, 2.05) is 32.0 Å². The molecule has 0 radical (unpaired) electrons. The minimum absolute atomic E-state index is 0.131. The van der Waals surface area contributed by atoms with Crippen LogP contribution in [0.2, 0.25) is 0 Å². The smallest absolute Gasteiger partial charge is 0.256 e. The highest BCUT2D eigenvalue weighted by molar-refractivity contribution is 5.94. The van der Waals surface area contributed by atoms with Gasteiger partial charge < -0.3 is 9.64 Å². The van der Waals surface area contributed by atoms with E-state index in [4.69, 9.17) is 4.74 Å². The van der Waals surface area contributed by atoms with Crippen LogP contribution in [-0.2, 0) is 6.54 Å². The number of benzene rings is 2. The molecule has 2 aromatic carbocycles. The molecule has 5 heteroatoms. The van der Waals surface area contributed by atoms with Crippen molar-refractivity contribution < 1.29 is 13.9 Å². The molecule has 0 spiro atoms. The lowest BCUT2D eigenvalue weighted by Gasteiger charge is -2.35. The second-order valence-electron chi connectivity index (χ2n) is 6.82. The molecule has 3 rings (SSSR count). The van der Waals surface area contributed by atoms with E-state index in [0.717, 1.165) is 30.9 Å². The summed E-state index contributed by atoms with van der Waals surface area (Å²) in [6.07, 6.45) is 0.131. The fourth-order valence-corrected chi connectivity index (χ4v) is 3.16. The Balaban J connectivity index is 1.59. The summed E-state index contributed by atoms with van der Waals surface area (Å²) in [5.74, 6) is 0.221. The summed E-state index contributed by atoms with van der Waals surface area (Å²) in [4.78, 5) is 16.5. The quantitative estimate of drug-likeness (QED) is 0.821. The van der Waals surface area contributed by atoms with Crippen LogP contribution >= 0.6 is 0 Å². The van der Waals surface area contributed by atoms with E-state index in [0.29, 0.717) is 13.1 Å². The van der Waals surface area contributed by atoms with Crippen molar-refractivity contribution in [3.8, 4) is 5.75 Å². The highest BCUT2D eigenvalue weighted by Crippen LogP contribution is 2.22. The largest absolute Gasteiger partial charge is 0.491 e. The predicted molar refractivity (Wildman–Crippen MR) is 99.8 cm³/mol. The van der Waals surface area contributed by atoms with E-state index in [1.165, 1.54) is 6.07 Å². The number of hydrogen-bond acceptors (Lipinski definition) is 3. The van der Waals surface area contributed by atoms with Gasteiger partial charge >= 0.3 is 0 Å². The molecule has 1 saturated heterocycles. The molecule has 1 fully saturated rings. The molecule has 26 heavy (non-hydrogen) atoms. The Morgan fingerprint density at radius 3 is 2.38 bits per heavy atom. The third-order valence-corrected chi connectivity index (χ3v) is 4.49. The lowest BCUT2D eigenvalue weighted by atomic mass is 10.1. The van der Waals surface area contributed by atoms with Crippen LogP contribution in [0.5, 0.6) is 5.75 Å². The average molecular weight is 356 g/mol. The van der Waals surface area contributed by atoms with Gasteiger partial charge in [0.05, 0.1) is 11.7 Å². The highest BCUT2D eigenvalue weighted by Gasteiger charge is 2.24. The molecule has 1 heterocycles. The monoisotopic (exact) mass is 356 g/mol. The third-order valence-electron chi connectivity index (χ3n) is 4.49. The van der Waals surface area contributed by atoms with Crippen LogP contribution in [-0.4, -0.2) is 48.0 Å². The molecular formula is C21H25FN2O2. The lowest BCUT2D eigenvalue weighted by Crippen LogP contribution is -2.48. The van der Waals surface area contributed by atoms with Crippen molar-refractivity contribution in [1.29, 1.82) is 0 Å². The molecule has 4 nitrogen and oxygen atoms in total. The Bertz CT molecular complexity index is 755. The minimum Gasteiger partial charge on any atom is -0.491 e. The van der Waals surface area contributed by atoms with Crippen LogP contribution in [0.15, 0.2) is 48.5 Å². The first-order chi connectivity index (χ1) is 12.5. The summed E-state index contributed by atoms with van der Waals surface area (Å²) >= 11 is 0. The Kier molecular flexibility index (Phi) is 5.89. The van der Waals surface area contributed by atoms with Gasteiger partial charge in [-0.15, -0.1) is 0 Å². The van der Waals surface area contributed by atoms with Gasteiger partial charge in [-0.2, -0.15) is 0 Å². The van der Waals surface area contributed by atoms with Gasteiger partial charge in [-0.05, 0) is 32.0 Å². The molecule has 1 aliphatic rings. The van der Waals surface area contributed by atoms with Crippen molar-refractivity contribution in [1.82, 2.24) is 9.80 Å². The molecule has 1 amide bonds. The number of amides is 1. The summed E-state index contributed by atoms with van der Waals surface area (Å²) in [7, 11) is 0. The molecule has 2 aromatic rings. The summed E-state index contributed by atoms with van der Waals surface area (Å²) in [6.45, 7) is 7.53. The number of piperazine rings is 1. The fourth-order valence-electron chi connectivity index (χ4n) is 3.16. The topological polar surface area (TPSA) is 32.8 Å². The van der Waals surface area contributed by atoms with Crippen molar-refractivity contribution in [3.63, 3.8) is 0 Å². The molecule has 0 bridgehead atoms. The Hall–Kier alpha value is -2.40. The van der Waals surface area contributed by atoms with E-state index in [2.05, 4.69) is 11.0 Å². The van der Waals surface area contributed by atoms with Gasteiger partial charge in [0, 0.05) is 38.3 Å². The number of ether oxygens (including phenoxy) is 1. The van der Waals surface area contributed by atoms with E-state index >= 15 is 0 Å². The van der Waals surface area contributed by atoms with Gasteiger partial charge in [-0.1, -0.05) is 30.3 Å². The van der Waals surface area contributed by atoms with Crippen LogP contribution in [0, 0.1) is 5.82 Å². The zero-order valence-corrected chi connectivity index (χ0v) is 15.3. The van der Waals surface area contributed by atoms with Crippen molar-refractivity contribution in [2.45, 2.75) is 26.5 Å². The molecule has 0 atom stereocenters. The van der Waals surface area contributed by atoms with Crippen LogP contribution in [0.4, 0.5) is 4.39 Å². The molecule has 1 aliphatic heterocycles. The maximum absolute atomic E-state index is 13.8. The zero-order chi connectivity index (χ0) is 18.5. The van der Waals surface area contributed by atoms with Crippen molar-refractivity contribution >= 4 is 5.91 Å². The van der Waals surface area contributed by atoms with Gasteiger partial charge in [0.25, 0.3) is 5.91 Å². The Labute approximate surface area is 154 Å². The number of carbonyl (C=O) groups is 1. The number of para-hydroxylation sites is 1. The normalized spacial score (nSPS) is 15.3. The van der Waals surface area contributed by atoms with E-state index < -0.39 is 5.82 Å². The molecular weight excluding hydrogens is 331 g/mol. The van der Waals surface area contributed by atoms with E-state index in [1.54, 1.807) is 23.1 Å². The molecule has 0 N–H and O–H groups in total. The number of hydrogen-bond donors (Lipinski definition) is 0. The van der Waals surface area contributed by atoms with Crippen molar-refractivity contribution in [2.75, 3.05) is 26.2 Å². The van der Waals surface area contributed by atoms with Gasteiger partial charge in [0.1, 0.15) is 11.6 Å². The first-order valence-corrected chi connectivity index (χ1v) is 9.05. The SMILES string of the molecule is CC(C)Oc1ccccc1CN1CCN(C(=O)c2ccccc2F)CC1. The maximum Gasteiger partial charge on any atom is 0.256 e. The minimum atomic E-state index is -0.459. The number of halogens is 1. The van der Waals surface area contributed by atoms with Crippen molar-refractivity contribution in [3.05, 3.63) is 65.5 Å². The van der Waals surface area contributed by atoms with Crippen LogP contribution in [0.1, 0.15) is 29.8 Å².